The van der Waals surface area contributed by atoms with Crippen LogP contribution in [0.4, 0.5) is 13.2 Å². The molecule has 96 valence electrons. The largest absolute Gasteiger partial charge is 0.417 e. The first-order valence-electron chi connectivity index (χ1n) is 5.72. The van der Waals surface area contributed by atoms with E-state index in [1.807, 2.05) is 19.1 Å². The van der Waals surface area contributed by atoms with Gasteiger partial charge in [-0.1, -0.05) is 41.7 Å². The van der Waals surface area contributed by atoms with E-state index in [1.165, 1.54) is 12.1 Å². The molecule has 2 aromatic rings. The summed E-state index contributed by atoms with van der Waals surface area (Å²) in [5.41, 5.74) is 1.08. The van der Waals surface area contributed by atoms with Gasteiger partial charge in [-0.05, 0) is 31.2 Å². The maximum Gasteiger partial charge on any atom is 0.417 e. The van der Waals surface area contributed by atoms with Crippen molar-refractivity contribution in [3.8, 4) is 11.8 Å². The van der Waals surface area contributed by atoms with Crippen LogP contribution < -0.4 is 0 Å². The van der Waals surface area contributed by atoms with Crippen molar-refractivity contribution in [3.63, 3.8) is 0 Å². The van der Waals surface area contributed by atoms with E-state index in [-0.39, 0.29) is 5.56 Å². The summed E-state index contributed by atoms with van der Waals surface area (Å²) in [7, 11) is 0. The lowest BCUT2D eigenvalue weighted by Crippen LogP contribution is -2.07. The molecule has 0 bridgehead atoms. The minimum atomic E-state index is -4.38. The standard InChI is InChI=1S/C16H11F3/c1-12-6-8-13(9-7-12)10-11-14-4-2-3-5-15(14)16(17,18)19/h2-9H,1H3. The van der Waals surface area contributed by atoms with Gasteiger partial charge in [0.05, 0.1) is 5.56 Å². The fraction of sp³-hybridized carbons (Fsp3) is 0.125. The van der Waals surface area contributed by atoms with Crippen LogP contribution >= 0.6 is 0 Å². The monoisotopic (exact) mass is 260 g/mol. The first kappa shape index (κ1) is 13.2. The van der Waals surface area contributed by atoms with Crippen LogP contribution in [0.15, 0.2) is 48.5 Å². The van der Waals surface area contributed by atoms with E-state index < -0.39 is 11.7 Å². The number of halogens is 3. The quantitative estimate of drug-likeness (QED) is 0.615. The van der Waals surface area contributed by atoms with Gasteiger partial charge in [-0.15, -0.1) is 0 Å². The SMILES string of the molecule is Cc1ccc(C#Cc2ccccc2C(F)(F)F)cc1. The Kier molecular flexibility index (Phi) is 3.62. The van der Waals surface area contributed by atoms with Crippen molar-refractivity contribution in [2.75, 3.05) is 0 Å². The zero-order chi connectivity index (χ0) is 13.9. The maximum atomic E-state index is 12.8. The van der Waals surface area contributed by atoms with Gasteiger partial charge in [0.25, 0.3) is 0 Å². The topological polar surface area (TPSA) is 0 Å². The average molecular weight is 260 g/mol. The van der Waals surface area contributed by atoms with Gasteiger partial charge in [0.1, 0.15) is 0 Å². The molecule has 0 N–H and O–H groups in total. The zero-order valence-corrected chi connectivity index (χ0v) is 10.3. The van der Waals surface area contributed by atoms with E-state index in [9.17, 15) is 13.2 Å². The van der Waals surface area contributed by atoms with Gasteiger partial charge in [0.15, 0.2) is 0 Å². The van der Waals surface area contributed by atoms with Crippen molar-refractivity contribution in [1.82, 2.24) is 0 Å². The van der Waals surface area contributed by atoms with Crippen LogP contribution in [0.3, 0.4) is 0 Å². The highest BCUT2D eigenvalue weighted by Crippen LogP contribution is 2.31. The van der Waals surface area contributed by atoms with Crippen LogP contribution in [0.1, 0.15) is 22.3 Å². The fourth-order valence-corrected chi connectivity index (χ4v) is 1.62. The third-order valence-corrected chi connectivity index (χ3v) is 2.63. The molecule has 0 nitrogen and oxygen atoms in total. The number of alkyl halides is 3. The Bertz CT molecular complexity index is 626. The second kappa shape index (κ2) is 5.19. The molecule has 3 heteroatoms. The number of rotatable bonds is 0. The molecule has 19 heavy (non-hydrogen) atoms. The summed E-state index contributed by atoms with van der Waals surface area (Å²) in [6, 6.07) is 12.7. The van der Waals surface area contributed by atoms with Crippen molar-refractivity contribution >= 4 is 0 Å². The molecule has 0 saturated carbocycles. The van der Waals surface area contributed by atoms with Crippen molar-refractivity contribution in [2.24, 2.45) is 0 Å². The minimum Gasteiger partial charge on any atom is -0.166 e. The van der Waals surface area contributed by atoms with E-state index in [2.05, 4.69) is 11.8 Å². The first-order chi connectivity index (χ1) is 8.97. The molecule has 0 amide bonds. The van der Waals surface area contributed by atoms with Crippen LogP contribution in [-0.4, -0.2) is 0 Å². The van der Waals surface area contributed by atoms with E-state index in [4.69, 9.17) is 0 Å². The minimum absolute atomic E-state index is 0.00410. The summed E-state index contributed by atoms with van der Waals surface area (Å²) < 4.78 is 38.3. The predicted molar refractivity (Wildman–Crippen MR) is 68.6 cm³/mol. The maximum absolute atomic E-state index is 12.8. The molecule has 2 rings (SSSR count). The summed E-state index contributed by atoms with van der Waals surface area (Å²) in [5, 5.41) is 0. The molecule has 0 unspecified atom stereocenters. The number of hydrogen-bond donors (Lipinski definition) is 0. The molecule has 0 atom stereocenters. The molecule has 0 aliphatic heterocycles. The summed E-state index contributed by atoms with van der Waals surface area (Å²) in [5.74, 6) is 5.34. The Morgan fingerprint density at radius 3 is 2.11 bits per heavy atom. The van der Waals surface area contributed by atoms with Crippen LogP contribution in [0.5, 0.6) is 0 Å². The second-order valence-electron chi connectivity index (χ2n) is 4.16. The van der Waals surface area contributed by atoms with Crippen LogP contribution in [0.25, 0.3) is 0 Å². The van der Waals surface area contributed by atoms with Gasteiger partial charge < -0.3 is 0 Å². The van der Waals surface area contributed by atoms with Crippen LogP contribution in [-0.2, 0) is 6.18 Å². The average Bonchev–Trinajstić information content (AvgIpc) is 2.37. The molecule has 2 aromatic carbocycles. The Morgan fingerprint density at radius 2 is 1.47 bits per heavy atom. The van der Waals surface area contributed by atoms with Crippen LogP contribution in [0, 0.1) is 18.8 Å². The Balaban J connectivity index is 2.37. The third kappa shape index (κ3) is 3.38. The molecular weight excluding hydrogens is 249 g/mol. The van der Waals surface area contributed by atoms with Crippen molar-refractivity contribution in [2.45, 2.75) is 13.1 Å². The van der Waals surface area contributed by atoms with E-state index in [1.54, 1.807) is 18.2 Å². The van der Waals surface area contributed by atoms with Gasteiger partial charge in [0, 0.05) is 11.1 Å². The molecule has 0 aliphatic carbocycles. The highest BCUT2D eigenvalue weighted by atomic mass is 19.4. The van der Waals surface area contributed by atoms with E-state index in [0.717, 1.165) is 11.6 Å². The smallest absolute Gasteiger partial charge is 0.166 e. The summed E-state index contributed by atoms with van der Waals surface area (Å²) in [6.45, 7) is 1.94. The number of benzene rings is 2. The molecule has 0 heterocycles. The molecule has 0 spiro atoms. The van der Waals surface area contributed by atoms with Crippen molar-refractivity contribution in [3.05, 3.63) is 70.8 Å². The van der Waals surface area contributed by atoms with Gasteiger partial charge in [0.2, 0.25) is 0 Å². The Hall–Kier alpha value is -2.21. The lowest BCUT2D eigenvalue weighted by atomic mass is 10.1. The molecule has 0 aromatic heterocycles. The first-order valence-corrected chi connectivity index (χ1v) is 5.72. The summed E-state index contributed by atoms with van der Waals surface area (Å²) >= 11 is 0. The highest BCUT2D eigenvalue weighted by Gasteiger charge is 2.32. The van der Waals surface area contributed by atoms with Gasteiger partial charge in [-0.2, -0.15) is 13.2 Å². The zero-order valence-electron chi connectivity index (χ0n) is 10.3. The lowest BCUT2D eigenvalue weighted by Gasteiger charge is -2.08. The van der Waals surface area contributed by atoms with E-state index in [0.29, 0.717) is 5.56 Å². The second-order valence-corrected chi connectivity index (χ2v) is 4.16. The lowest BCUT2D eigenvalue weighted by molar-refractivity contribution is -0.137. The van der Waals surface area contributed by atoms with Crippen molar-refractivity contribution < 1.29 is 13.2 Å². The Labute approximate surface area is 109 Å². The summed E-state index contributed by atoms with van der Waals surface area (Å²) in [6.07, 6.45) is -4.38. The van der Waals surface area contributed by atoms with E-state index >= 15 is 0 Å². The normalized spacial score (nSPS) is 10.7. The fourth-order valence-electron chi connectivity index (χ4n) is 1.62. The highest BCUT2D eigenvalue weighted by molar-refractivity contribution is 5.47. The molecule has 0 aliphatic rings. The summed E-state index contributed by atoms with van der Waals surface area (Å²) in [4.78, 5) is 0. The number of hydrogen-bond acceptors (Lipinski definition) is 0. The predicted octanol–water partition coefficient (Wildman–Crippen LogP) is 4.41. The third-order valence-electron chi connectivity index (χ3n) is 2.63. The van der Waals surface area contributed by atoms with Crippen molar-refractivity contribution in [1.29, 1.82) is 0 Å². The molecule has 0 radical (unpaired) electrons. The van der Waals surface area contributed by atoms with Crippen LogP contribution in [0.2, 0.25) is 0 Å². The molecular formula is C16H11F3. The number of aryl methyl sites for hydroxylation is 1. The molecule has 0 saturated heterocycles. The molecule has 0 fully saturated rings. The van der Waals surface area contributed by atoms with Gasteiger partial charge >= 0.3 is 6.18 Å². The van der Waals surface area contributed by atoms with Gasteiger partial charge in [-0.25, -0.2) is 0 Å². The Morgan fingerprint density at radius 1 is 0.842 bits per heavy atom. The van der Waals surface area contributed by atoms with Gasteiger partial charge in [-0.3, -0.25) is 0 Å².